The number of aliphatic hydroxyl groups is 1. The summed E-state index contributed by atoms with van der Waals surface area (Å²) in [6.07, 6.45) is 2.19. The Hall–Kier alpha value is -0.610. The van der Waals surface area contributed by atoms with Gasteiger partial charge in [-0.3, -0.25) is 10.3 Å². The fourth-order valence-electron chi connectivity index (χ4n) is 1.79. The van der Waals surface area contributed by atoms with E-state index in [-0.39, 0.29) is 18.5 Å². The molecule has 13 heavy (non-hydrogen) atoms. The van der Waals surface area contributed by atoms with Crippen LogP contribution in [-0.4, -0.2) is 41.6 Å². The summed E-state index contributed by atoms with van der Waals surface area (Å²) >= 11 is 0. The van der Waals surface area contributed by atoms with E-state index in [0.29, 0.717) is 5.92 Å². The summed E-state index contributed by atoms with van der Waals surface area (Å²) in [6.45, 7) is 4.07. The lowest BCUT2D eigenvalue weighted by Gasteiger charge is -2.35. The van der Waals surface area contributed by atoms with E-state index in [4.69, 9.17) is 16.2 Å². The van der Waals surface area contributed by atoms with Crippen molar-refractivity contribution in [2.75, 3.05) is 19.7 Å². The number of nitrogens with one attached hydrogen (secondary N) is 1. The molecule has 1 heterocycles. The molecule has 4 nitrogen and oxygen atoms in total. The Bertz CT molecular complexity index is 184. The van der Waals surface area contributed by atoms with Gasteiger partial charge >= 0.3 is 0 Å². The van der Waals surface area contributed by atoms with Gasteiger partial charge in [-0.2, -0.15) is 0 Å². The molecular weight excluding hydrogens is 166 g/mol. The molecule has 0 amide bonds. The predicted octanol–water partition coefficient (Wildman–Crippen LogP) is 0.0152. The third-order valence-corrected chi connectivity index (χ3v) is 2.81. The average Bonchev–Trinajstić information content (AvgIpc) is 2.16. The van der Waals surface area contributed by atoms with E-state index in [0.717, 1.165) is 25.9 Å². The van der Waals surface area contributed by atoms with Crippen molar-refractivity contribution in [3.63, 3.8) is 0 Å². The van der Waals surface area contributed by atoms with E-state index in [2.05, 4.69) is 4.90 Å². The minimum Gasteiger partial charge on any atom is -0.396 e. The van der Waals surface area contributed by atoms with Gasteiger partial charge in [-0.05, 0) is 32.2 Å². The first-order valence-corrected chi connectivity index (χ1v) is 4.84. The number of amidine groups is 1. The zero-order valence-electron chi connectivity index (χ0n) is 8.16. The van der Waals surface area contributed by atoms with E-state index in [1.807, 2.05) is 6.92 Å². The fraction of sp³-hybridized carbons (Fsp3) is 0.889. The van der Waals surface area contributed by atoms with E-state index in [1.165, 1.54) is 0 Å². The number of likely N-dealkylation sites (tertiary alicyclic amines) is 1. The van der Waals surface area contributed by atoms with Crippen LogP contribution >= 0.6 is 0 Å². The lowest BCUT2D eigenvalue weighted by Crippen LogP contribution is -2.47. The second-order valence-corrected chi connectivity index (χ2v) is 3.82. The topological polar surface area (TPSA) is 73.3 Å². The van der Waals surface area contributed by atoms with Crippen molar-refractivity contribution >= 4 is 5.84 Å². The third-order valence-electron chi connectivity index (χ3n) is 2.81. The molecule has 0 aromatic heterocycles. The third kappa shape index (κ3) is 2.67. The van der Waals surface area contributed by atoms with Gasteiger partial charge in [0, 0.05) is 13.2 Å². The number of nitrogens with zero attached hydrogens (tertiary/aromatic N) is 1. The van der Waals surface area contributed by atoms with E-state index in [9.17, 15) is 0 Å². The van der Waals surface area contributed by atoms with Crippen molar-refractivity contribution in [2.45, 2.75) is 25.8 Å². The lowest BCUT2D eigenvalue weighted by molar-refractivity contribution is 0.111. The second kappa shape index (κ2) is 4.58. The van der Waals surface area contributed by atoms with E-state index < -0.39 is 0 Å². The highest BCUT2D eigenvalue weighted by atomic mass is 16.3. The van der Waals surface area contributed by atoms with Crippen molar-refractivity contribution in [3.05, 3.63) is 0 Å². The molecule has 0 spiro atoms. The van der Waals surface area contributed by atoms with Crippen molar-refractivity contribution in [2.24, 2.45) is 11.7 Å². The van der Waals surface area contributed by atoms with E-state index >= 15 is 0 Å². The number of nitrogens with two attached hydrogens (primary N) is 1. The van der Waals surface area contributed by atoms with Gasteiger partial charge in [0.05, 0.1) is 6.04 Å². The van der Waals surface area contributed by atoms with Gasteiger partial charge in [-0.1, -0.05) is 0 Å². The number of aliphatic hydroxyl groups excluding tert-OH is 1. The van der Waals surface area contributed by atoms with Crippen LogP contribution in [0.5, 0.6) is 0 Å². The Morgan fingerprint density at radius 2 is 2.46 bits per heavy atom. The van der Waals surface area contributed by atoms with Gasteiger partial charge in [-0.15, -0.1) is 0 Å². The first kappa shape index (κ1) is 10.5. The van der Waals surface area contributed by atoms with E-state index in [1.54, 1.807) is 0 Å². The second-order valence-electron chi connectivity index (χ2n) is 3.82. The number of rotatable bonds is 3. The summed E-state index contributed by atoms with van der Waals surface area (Å²) in [5.74, 6) is 0.592. The van der Waals surface area contributed by atoms with Gasteiger partial charge in [0.2, 0.25) is 0 Å². The van der Waals surface area contributed by atoms with Gasteiger partial charge in [0.15, 0.2) is 0 Å². The van der Waals surface area contributed by atoms with Crippen LogP contribution in [0.1, 0.15) is 19.8 Å². The lowest BCUT2D eigenvalue weighted by atomic mass is 9.97. The minimum absolute atomic E-state index is 0.0225. The van der Waals surface area contributed by atoms with Gasteiger partial charge in [0.1, 0.15) is 5.84 Å². The Morgan fingerprint density at radius 1 is 1.77 bits per heavy atom. The van der Waals surface area contributed by atoms with Crippen molar-refractivity contribution < 1.29 is 5.11 Å². The first-order valence-electron chi connectivity index (χ1n) is 4.84. The van der Waals surface area contributed by atoms with Gasteiger partial charge < -0.3 is 10.8 Å². The maximum Gasteiger partial charge on any atom is 0.108 e. The number of hydrogen-bond acceptors (Lipinski definition) is 3. The van der Waals surface area contributed by atoms with Crippen LogP contribution in [-0.2, 0) is 0 Å². The highest BCUT2D eigenvalue weighted by Crippen LogP contribution is 2.17. The number of hydrogen-bond donors (Lipinski definition) is 3. The smallest absolute Gasteiger partial charge is 0.108 e. The standard InChI is InChI=1S/C9H19N3O/c1-7(9(10)11)12-4-2-3-8(5-12)6-13/h7-8,13H,2-6H2,1H3,(H3,10,11). The fourth-order valence-corrected chi connectivity index (χ4v) is 1.79. The molecule has 1 aliphatic heterocycles. The molecule has 0 bridgehead atoms. The molecule has 0 aliphatic carbocycles. The predicted molar refractivity (Wildman–Crippen MR) is 52.8 cm³/mol. The molecule has 2 atom stereocenters. The Morgan fingerprint density at radius 3 is 3.00 bits per heavy atom. The Balaban J connectivity index is 2.46. The summed E-state index contributed by atoms with van der Waals surface area (Å²) in [5, 5.41) is 16.4. The molecule has 1 saturated heterocycles. The van der Waals surface area contributed by atoms with Crippen molar-refractivity contribution in [1.82, 2.24) is 4.90 Å². The van der Waals surface area contributed by atoms with Gasteiger partial charge in [0.25, 0.3) is 0 Å². The Kier molecular flexibility index (Phi) is 3.69. The molecule has 2 unspecified atom stereocenters. The molecule has 0 saturated carbocycles. The van der Waals surface area contributed by atoms with Gasteiger partial charge in [-0.25, -0.2) is 0 Å². The summed E-state index contributed by atoms with van der Waals surface area (Å²) in [4.78, 5) is 2.17. The first-order chi connectivity index (χ1) is 6.15. The molecule has 1 fully saturated rings. The highest BCUT2D eigenvalue weighted by molar-refractivity contribution is 5.82. The van der Waals surface area contributed by atoms with Crippen molar-refractivity contribution in [3.8, 4) is 0 Å². The molecule has 1 rings (SSSR count). The highest BCUT2D eigenvalue weighted by Gasteiger charge is 2.23. The summed E-state index contributed by atoms with van der Waals surface area (Å²) in [6, 6.07) is 0.0225. The van der Waals surface area contributed by atoms with Crippen LogP contribution in [0.25, 0.3) is 0 Å². The summed E-state index contributed by atoms with van der Waals surface area (Å²) in [5.41, 5.74) is 5.43. The molecule has 0 aromatic carbocycles. The van der Waals surface area contributed by atoms with Crippen LogP contribution in [0.2, 0.25) is 0 Å². The summed E-state index contributed by atoms with van der Waals surface area (Å²) < 4.78 is 0. The van der Waals surface area contributed by atoms with Crippen LogP contribution in [0.15, 0.2) is 0 Å². The molecule has 4 heteroatoms. The zero-order chi connectivity index (χ0) is 9.84. The minimum atomic E-state index is 0.0225. The van der Waals surface area contributed by atoms with Crippen LogP contribution in [0.3, 0.4) is 0 Å². The molecule has 76 valence electrons. The van der Waals surface area contributed by atoms with Crippen LogP contribution < -0.4 is 5.73 Å². The normalized spacial score (nSPS) is 27.1. The molecular formula is C9H19N3O. The maximum atomic E-state index is 9.02. The molecule has 0 radical (unpaired) electrons. The molecule has 0 aromatic rings. The largest absolute Gasteiger partial charge is 0.396 e. The van der Waals surface area contributed by atoms with Crippen LogP contribution in [0.4, 0.5) is 0 Å². The Labute approximate surface area is 79.2 Å². The SMILES string of the molecule is CC(C(=N)N)N1CCCC(CO)C1. The van der Waals surface area contributed by atoms with Crippen LogP contribution in [0, 0.1) is 11.3 Å². The maximum absolute atomic E-state index is 9.02. The molecule has 1 aliphatic rings. The monoisotopic (exact) mass is 185 g/mol. The number of piperidine rings is 1. The van der Waals surface area contributed by atoms with Crippen molar-refractivity contribution in [1.29, 1.82) is 5.41 Å². The summed E-state index contributed by atoms with van der Waals surface area (Å²) in [7, 11) is 0. The quantitative estimate of drug-likeness (QED) is 0.428. The average molecular weight is 185 g/mol. The molecule has 4 N–H and O–H groups in total. The zero-order valence-corrected chi connectivity index (χ0v) is 8.16.